The number of nitrogens with one attached hydrogen (secondary N) is 1. The first-order chi connectivity index (χ1) is 9.95. The lowest BCUT2D eigenvalue weighted by molar-refractivity contribution is -0.124. The molecule has 1 amide bonds. The van der Waals surface area contributed by atoms with Crippen LogP contribution in [0.5, 0.6) is 0 Å². The molecule has 0 aliphatic carbocycles. The fourth-order valence-corrected chi connectivity index (χ4v) is 2.43. The lowest BCUT2D eigenvalue weighted by atomic mass is 10.2. The summed E-state index contributed by atoms with van der Waals surface area (Å²) in [6.07, 6.45) is 0.136. The fourth-order valence-electron chi connectivity index (χ4n) is 2.43. The predicted molar refractivity (Wildman–Crippen MR) is 79.2 cm³/mol. The smallest absolute Gasteiger partial charge is 0.243 e. The summed E-state index contributed by atoms with van der Waals surface area (Å²) in [7, 11) is 4.04. The van der Waals surface area contributed by atoms with Gasteiger partial charge in [-0.1, -0.05) is 5.16 Å². The van der Waals surface area contributed by atoms with E-state index in [2.05, 4.69) is 20.3 Å². The number of anilines is 1. The Balaban J connectivity index is 1.89. The number of nitrogens with zero attached hydrogens (tertiary/aromatic N) is 3. The van der Waals surface area contributed by atoms with E-state index in [9.17, 15) is 4.79 Å². The number of morpholine rings is 1. The molecular weight excluding hydrogens is 272 g/mol. The molecule has 0 saturated carbocycles. The molecule has 1 aliphatic rings. The van der Waals surface area contributed by atoms with Crippen molar-refractivity contribution in [1.82, 2.24) is 15.0 Å². The van der Waals surface area contributed by atoms with Gasteiger partial charge in [0.1, 0.15) is 0 Å². The number of likely N-dealkylation sites (N-methyl/N-ethyl adjacent to an activating group) is 1. The minimum absolute atomic E-state index is 0.0864. The second-order valence-corrected chi connectivity index (χ2v) is 5.75. The molecular formula is C14H24N4O3. The maximum Gasteiger partial charge on any atom is 0.243 e. The molecule has 0 unspecified atom stereocenters. The number of carbonyl (C=O) groups excluding carboxylic acids is 1. The van der Waals surface area contributed by atoms with Gasteiger partial charge in [0.15, 0.2) is 0 Å². The van der Waals surface area contributed by atoms with Gasteiger partial charge in [-0.15, -0.1) is 0 Å². The molecule has 0 spiro atoms. The molecule has 21 heavy (non-hydrogen) atoms. The van der Waals surface area contributed by atoms with Crippen LogP contribution in [0, 0.1) is 6.92 Å². The van der Waals surface area contributed by atoms with E-state index in [0.29, 0.717) is 12.5 Å². The van der Waals surface area contributed by atoms with Crippen LogP contribution in [0.1, 0.15) is 12.6 Å². The van der Waals surface area contributed by atoms with Crippen molar-refractivity contribution in [3.63, 3.8) is 0 Å². The third-order valence-electron chi connectivity index (χ3n) is 3.54. The summed E-state index contributed by atoms with van der Waals surface area (Å²) in [5.41, 5.74) is 0.746. The van der Waals surface area contributed by atoms with Gasteiger partial charge in [0, 0.05) is 25.7 Å². The summed E-state index contributed by atoms with van der Waals surface area (Å²) in [5.74, 6) is 0.305. The van der Waals surface area contributed by atoms with Crippen molar-refractivity contribution in [2.24, 2.45) is 0 Å². The Hall–Kier alpha value is -1.44. The number of carbonyl (C=O) groups is 1. The largest absolute Gasteiger partial charge is 0.374 e. The molecule has 1 saturated heterocycles. The molecule has 2 atom stereocenters. The molecule has 1 fully saturated rings. The Morgan fingerprint density at radius 2 is 2.38 bits per heavy atom. The van der Waals surface area contributed by atoms with Crippen LogP contribution in [0.25, 0.3) is 0 Å². The minimum atomic E-state index is -0.232. The van der Waals surface area contributed by atoms with Crippen LogP contribution >= 0.6 is 0 Å². The van der Waals surface area contributed by atoms with E-state index in [0.717, 1.165) is 25.3 Å². The van der Waals surface area contributed by atoms with E-state index in [1.807, 2.05) is 27.9 Å². The molecule has 1 N–H and O–H groups in total. The van der Waals surface area contributed by atoms with Crippen molar-refractivity contribution in [2.45, 2.75) is 26.0 Å². The molecule has 2 heterocycles. The van der Waals surface area contributed by atoms with E-state index in [1.165, 1.54) is 0 Å². The van der Waals surface area contributed by atoms with E-state index >= 15 is 0 Å². The number of aryl methyl sites for hydroxylation is 1. The van der Waals surface area contributed by atoms with Crippen LogP contribution in [0.4, 0.5) is 5.88 Å². The van der Waals surface area contributed by atoms with Crippen LogP contribution in [0.3, 0.4) is 0 Å². The molecule has 2 rings (SSSR count). The predicted octanol–water partition coefficient (Wildman–Crippen LogP) is 0.572. The molecule has 1 aromatic rings. The summed E-state index contributed by atoms with van der Waals surface area (Å²) < 4.78 is 10.7. The van der Waals surface area contributed by atoms with Crippen molar-refractivity contribution in [3.8, 4) is 0 Å². The number of ether oxygens (including phenoxy) is 1. The van der Waals surface area contributed by atoms with Crippen molar-refractivity contribution >= 4 is 11.8 Å². The van der Waals surface area contributed by atoms with E-state index in [-0.39, 0.29) is 18.1 Å². The minimum Gasteiger partial charge on any atom is -0.374 e. The first-order valence-electron chi connectivity index (χ1n) is 7.20. The highest BCUT2D eigenvalue weighted by atomic mass is 16.5. The van der Waals surface area contributed by atoms with Gasteiger partial charge in [0.05, 0.1) is 24.4 Å². The van der Waals surface area contributed by atoms with Crippen molar-refractivity contribution in [2.75, 3.05) is 45.7 Å². The summed E-state index contributed by atoms with van der Waals surface area (Å²) in [6, 6.07) is 1.47. The van der Waals surface area contributed by atoms with Crippen LogP contribution < -0.4 is 5.32 Å². The van der Waals surface area contributed by atoms with Crippen LogP contribution in [-0.4, -0.2) is 73.3 Å². The van der Waals surface area contributed by atoms with Gasteiger partial charge < -0.3 is 14.2 Å². The molecule has 1 aromatic heterocycles. The van der Waals surface area contributed by atoms with Crippen molar-refractivity contribution in [1.29, 1.82) is 0 Å². The maximum atomic E-state index is 12.3. The van der Waals surface area contributed by atoms with Crippen LogP contribution in [0.15, 0.2) is 10.6 Å². The van der Waals surface area contributed by atoms with Crippen molar-refractivity contribution < 1.29 is 14.1 Å². The summed E-state index contributed by atoms with van der Waals surface area (Å²) in [6.45, 7) is 6.73. The number of hydrogen-bond donors (Lipinski definition) is 1. The fraction of sp³-hybridized carbons (Fsp3) is 0.714. The number of amides is 1. The SMILES string of the molecule is Cc1cc(NC(=O)[C@H](C)N2CCO[C@@H](CN(C)C)C2)on1. The second kappa shape index (κ2) is 7.02. The molecule has 0 aromatic carbocycles. The normalized spacial score (nSPS) is 21.5. The highest BCUT2D eigenvalue weighted by Gasteiger charge is 2.28. The molecule has 118 valence electrons. The standard InChI is InChI=1S/C14H24N4O3/c1-10-7-13(21-16-10)15-14(19)11(2)18-5-6-20-12(9-18)8-17(3)4/h7,11-12H,5-6,8-9H2,1-4H3,(H,15,19)/t11-,12-/m0/s1. The number of aromatic nitrogens is 1. The monoisotopic (exact) mass is 296 g/mol. The first-order valence-corrected chi connectivity index (χ1v) is 7.20. The zero-order chi connectivity index (χ0) is 15.4. The van der Waals surface area contributed by atoms with Gasteiger partial charge in [-0.05, 0) is 27.9 Å². The number of hydrogen-bond acceptors (Lipinski definition) is 6. The Bertz CT molecular complexity index is 475. The third-order valence-corrected chi connectivity index (χ3v) is 3.54. The van der Waals surface area contributed by atoms with Gasteiger partial charge in [-0.3, -0.25) is 15.0 Å². The van der Waals surface area contributed by atoms with Gasteiger partial charge in [0.2, 0.25) is 11.8 Å². The van der Waals surface area contributed by atoms with Gasteiger partial charge >= 0.3 is 0 Å². The summed E-state index contributed by atoms with van der Waals surface area (Å²) in [5, 5.41) is 6.51. The lowest BCUT2D eigenvalue weighted by Gasteiger charge is -2.36. The average Bonchev–Trinajstić information content (AvgIpc) is 2.82. The van der Waals surface area contributed by atoms with E-state index in [4.69, 9.17) is 9.26 Å². The van der Waals surface area contributed by atoms with Gasteiger partial charge in [-0.25, -0.2) is 0 Å². The molecule has 0 radical (unpaired) electrons. The second-order valence-electron chi connectivity index (χ2n) is 5.75. The highest BCUT2D eigenvalue weighted by Crippen LogP contribution is 2.13. The quantitative estimate of drug-likeness (QED) is 0.857. The highest BCUT2D eigenvalue weighted by molar-refractivity contribution is 5.93. The lowest BCUT2D eigenvalue weighted by Crippen LogP contribution is -2.52. The Labute approximate surface area is 125 Å². The van der Waals surface area contributed by atoms with E-state index in [1.54, 1.807) is 6.07 Å². The van der Waals surface area contributed by atoms with Gasteiger partial charge in [0.25, 0.3) is 0 Å². The van der Waals surface area contributed by atoms with E-state index < -0.39 is 0 Å². The number of rotatable bonds is 5. The molecule has 7 heteroatoms. The summed E-state index contributed by atoms with van der Waals surface area (Å²) >= 11 is 0. The maximum absolute atomic E-state index is 12.3. The zero-order valence-corrected chi connectivity index (χ0v) is 13.1. The Morgan fingerprint density at radius 3 is 3.00 bits per heavy atom. The zero-order valence-electron chi connectivity index (χ0n) is 13.1. The Kier molecular flexibility index (Phi) is 5.33. The molecule has 1 aliphatic heterocycles. The topological polar surface area (TPSA) is 70.8 Å². The van der Waals surface area contributed by atoms with Gasteiger partial charge in [-0.2, -0.15) is 0 Å². The molecule has 7 nitrogen and oxygen atoms in total. The molecule has 0 bridgehead atoms. The third kappa shape index (κ3) is 4.52. The Morgan fingerprint density at radius 1 is 1.62 bits per heavy atom. The summed E-state index contributed by atoms with van der Waals surface area (Å²) in [4.78, 5) is 16.5. The van der Waals surface area contributed by atoms with Crippen LogP contribution in [-0.2, 0) is 9.53 Å². The van der Waals surface area contributed by atoms with Crippen molar-refractivity contribution in [3.05, 3.63) is 11.8 Å². The van der Waals surface area contributed by atoms with Crippen LogP contribution in [0.2, 0.25) is 0 Å². The first kappa shape index (κ1) is 15.9. The average molecular weight is 296 g/mol.